The molecule has 0 bridgehead atoms. The maximum absolute atomic E-state index is 12.6. The SMILES string of the molecule is CO/C=C(/C(=O)OC)c1ccccc1Oc1ncc(C(F)(F)F)s1. The predicted octanol–water partition coefficient (Wildman–Crippen LogP) is 4.11. The normalized spacial score (nSPS) is 12.0. The van der Waals surface area contributed by atoms with Crippen molar-refractivity contribution in [3.05, 3.63) is 47.2 Å². The van der Waals surface area contributed by atoms with Crippen LogP contribution in [-0.2, 0) is 20.4 Å². The summed E-state index contributed by atoms with van der Waals surface area (Å²) in [4.78, 5) is 14.6. The summed E-state index contributed by atoms with van der Waals surface area (Å²) < 4.78 is 52.8. The van der Waals surface area contributed by atoms with E-state index in [9.17, 15) is 18.0 Å². The van der Waals surface area contributed by atoms with Gasteiger partial charge in [-0.2, -0.15) is 13.2 Å². The first-order valence-corrected chi connectivity index (χ1v) is 7.30. The lowest BCUT2D eigenvalue weighted by Crippen LogP contribution is -2.05. The number of hydrogen-bond acceptors (Lipinski definition) is 6. The second-order valence-corrected chi connectivity index (χ2v) is 5.34. The Morgan fingerprint density at radius 3 is 2.54 bits per heavy atom. The highest BCUT2D eigenvalue weighted by Crippen LogP contribution is 2.38. The summed E-state index contributed by atoms with van der Waals surface area (Å²) in [6.07, 6.45) is -2.64. The molecule has 24 heavy (non-hydrogen) atoms. The van der Waals surface area contributed by atoms with Gasteiger partial charge in [-0.15, -0.1) is 0 Å². The number of para-hydroxylation sites is 1. The van der Waals surface area contributed by atoms with Crippen molar-refractivity contribution < 1.29 is 32.2 Å². The monoisotopic (exact) mass is 359 g/mol. The first-order valence-electron chi connectivity index (χ1n) is 6.48. The molecule has 0 radical (unpaired) electrons. The summed E-state index contributed by atoms with van der Waals surface area (Å²) in [5, 5.41) is -0.198. The standard InChI is InChI=1S/C15H12F3NO4S/c1-21-8-10(13(20)22-2)9-5-3-4-6-11(9)23-14-19-7-12(24-14)15(16,17)18/h3-8H,1-2H3/b10-8+. The predicted molar refractivity (Wildman–Crippen MR) is 80.6 cm³/mol. The lowest BCUT2D eigenvalue weighted by Gasteiger charge is -2.10. The Balaban J connectivity index is 2.37. The Hall–Kier alpha value is -2.55. The molecule has 0 aliphatic carbocycles. The number of hydrogen-bond donors (Lipinski definition) is 0. The number of ether oxygens (including phenoxy) is 3. The topological polar surface area (TPSA) is 57.7 Å². The first-order chi connectivity index (χ1) is 11.4. The molecule has 2 aromatic rings. The molecule has 128 valence electrons. The summed E-state index contributed by atoms with van der Waals surface area (Å²) in [6.45, 7) is 0. The minimum absolute atomic E-state index is 0.0585. The minimum Gasteiger partial charge on any atom is -0.503 e. The molecule has 0 atom stereocenters. The van der Waals surface area contributed by atoms with E-state index in [0.29, 0.717) is 23.1 Å². The Bertz CT molecular complexity index is 755. The van der Waals surface area contributed by atoms with Crippen LogP contribution in [0.15, 0.2) is 36.7 Å². The molecule has 0 N–H and O–H groups in total. The number of alkyl halides is 3. The van der Waals surface area contributed by atoms with Crippen LogP contribution >= 0.6 is 11.3 Å². The number of aromatic nitrogens is 1. The zero-order valence-electron chi connectivity index (χ0n) is 12.6. The molecule has 0 spiro atoms. The van der Waals surface area contributed by atoms with Gasteiger partial charge in [0.25, 0.3) is 5.19 Å². The number of rotatable bonds is 5. The summed E-state index contributed by atoms with van der Waals surface area (Å²) in [5.41, 5.74) is 0.359. The van der Waals surface area contributed by atoms with Crippen LogP contribution in [0.5, 0.6) is 10.9 Å². The van der Waals surface area contributed by atoms with E-state index in [-0.39, 0.29) is 16.5 Å². The van der Waals surface area contributed by atoms with Gasteiger partial charge >= 0.3 is 12.1 Å². The second-order valence-electron chi connectivity index (χ2n) is 4.35. The zero-order chi connectivity index (χ0) is 17.7. The van der Waals surface area contributed by atoms with E-state index in [1.165, 1.54) is 20.3 Å². The number of benzene rings is 1. The zero-order valence-corrected chi connectivity index (χ0v) is 13.4. The number of nitrogens with zero attached hydrogens (tertiary/aromatic N) is 1. The van der Waals surface area contributed by atoms with Gasteiger partial charge < -0.3 is 14.2 Å². The van der Waals surface area contributed by atoms with Crippen LogP contribution in [-0.4, -0.2) is 25.2 Å². The summed E-state index contributed by atoms with van der Waals surface area (Å²) in [7, 11) is 2.55. The largest absolute Gasteiger partial charge is 0.503 e. The van der Waals surface area contributed by atoms with E-state index in [1.807, 2.05) is 0 Å². The molecule has 0 saturated heterocycles. The number of thiazole rings is 1. The van der Waals surface area contributed by atoms with Crippen molar-refractivity contribution in [1.82, 2.24) is 4.98 Å². The van der Waals surface area contributed by atoms with Gasteiger partial charge in [0.15, 0.2) is 0 Å². The van der Waals surface area contributed by atoms with Crippen LogP contribution in [0.25, 0.3) is 5.57 Å². The molecular formula is C15H12F3NO4S. The minimum atomic E-state index is -4.49. The van der Waals surface area contributed by atoms with Crippen molar-refractivity contribution in [1.29, 1.82) is 0 Å². The number of halogens is 3. The fourth-order valence-electron chi connectivity index (χ4n) is 1.76. The van der Waals surface area contributed by atoms with Gasteiger partial charge in [0, 0.05) is 5.56 Å². The molecule has 5 nitrogen and oxygen atoms in total. The van der Waals surface area contributed by atoms with Gasteiger partial charge in [-0.3, -0.25) is 0 Å². The van der Waals surface area contributed by atoms with Crippen LogP contribution in [0.2, 0.25) is 0 Å². The summed E-state index contributed by atoms with van der Waals surface area (Å²) in [5.74, 6) is -0.530. The highest BCUT2D eigenvalue weighted by Gasteiger charge is 2.33. The summed E-state index contributed by atoms with van der Waals surface area (Å²) >= 11 is 0.357. The Morgan fingerprint density at radius 1 is 1.25 bits per heavy atom. The van der Waals surface area contributed by atoms with E-state index in [2.05, 4.69) is 9.72 Å². The van der Waals surface area contributed by atoms with Crippen molar-refractivity contribution in [2.75, 3.05) is 14.2 Å². The maximum atomic E-state index is 12.6. The average Bonchev–Trinajstić information content (AvgIpc) is 3.01. The highest BCUT2D eigenvalue weighted by molar-refractivity contribution is 7.13. The van der Waals surface area contributed by atoms with Gasteiger partial charge in [-0.25, -0.2) is 9.78 Å². The summed E-state index contributed by atoms with van der Waals surface area (Å²) in [6, 6.07) is 6.29. The smallest absolute Gasteiger partial charge is 0.427 e. The van der Waals surface area contributed by atoms with Crippen molar-refractivity contribution in [2.24, 2.45) is 0 Å². The fourth-order valence-corrected chi connectivity index (χ4v) is 2.40. The molecule has 9 heteroatoms. The molecule has 0 saturated carbocycles. The van der Waals surface area contributed by atoms with Gasteiger partial charge in [0.1, 0.15) is 16.2 Å². The lowest BCUT2D eigenvalue weighted by atomic mass is 10.1. The third-order valence-corrected chi connectivity index (χ3v) is 3.70. The Labute approximate surface area is 139 Å². The second kappa shape index (κ2) is 7.35. The van der Waals surface area contributed by atoms with Crippen LogP contribution in [0.3, 0.4) is 0 Å². The van der Waals surface area contributed by atoms with Crippen LogP contribution in [0.4, 0.5) is 13.2 Å². The van der Waals surface area contributed by atoms with E-state index in [0.717, 1.165) is 6.26 Å². The molecular weight excluding hydrogens is 347 g/mol. The van der Waals surface area contributed by atoms with Gasteiger partial charge in [0.05, 0.1) is 26.7 Å². The molecule has 0 amide bonds. The Morgan fingerprint density at radius 2 is 1.96 bits per heavy atom. The van der Waals surface area contributed by atoms with Crippen molar-refractivity contribution in [2.45, 2.75) is 6.18 Å². The molecule has 0 fully saturated rings. The fraction of sp³-hybridized carbons (Fsp3) is 0.200. The number of esters is 1. The molecule has 1 aromatic carbocycles. The maximum Gasteiger partial charge on any atom is 0.427 e. The molecule has 1 aromatic heterocycles. The van der Waals surface area contributed by atoms with E-state index >= 15 is 0 Å². The first kappa shape index (κ1) is 17.8. The third kappa shape index (κ3) is 4.05. The Kier molecular flexibility index (Phi) is 5.45. The van der Waals surface area contributed by atoms with E-state index in [4.69, 9.17) is 9.47 Å². The number of carbonyl (C=O) groups is 1. The van der Waals surface area contributed by atoms with Crippen LogP contribution in [0, 0.1) is 0 Å². The third-order valence-electron chi connectivity index (χ3n) is 2.78. The van der Waals surface area contributed by atoms with Crippen LogP contribution < -0.4 is 4.74 Å². The average molecular weight is 359 g/mol. The van der Waals surface area contributed by atoms with E-state index < -0.39 is 17.0 Å². The van der Waals surface area contributed by atoms with Crippen molar-refractivity contribution in [3.63, 3.8) is 0 Å². The van der Waals surface area contributed by atoms with Gasteiger partial charge in [-0.05, 0) is 6.07 Å². The van der Waals surface area contributed by atoms with Gasteiger partial charge in [-0.1, -0.05) is 29.5 Å². The van der Waals surface area contributed by atoms with Crippen molar-refractivity contribution >= 4 is 22.9 Å². The number of carbonyl (C=O) groups excluding carboxylic acids is 1. The highest BCUT2D eigenvalue weighted by atomic mass is 32.1. The molecule has 0 aliphatic heterocycles. The molecule has 2 rings (SSSR count). The quantitative estimate of drug-likeness (QED) is 0.457. The molecule has 0 unspecified atom stereocenters. The van der Waals surface area contributed by atoms with Crippen molar-refractivity contribution in [3.8, 4) is 10.9 Å². The molecule has 0 aliphatic rings. The lowest BCUT2D eigenvalue weighted by molar-refractivity contribution is -0.135. The van der Waals surface area contributed by atoms with Gasteiger partial charge in [0.2, 0.25) is 0 Å². The molecule has 1 heterocycles. The van der Waals surface area contributed by atoms with Crippen LogP contribution in [0.1, 0.15) is 10.4 Å². The van der Waals surface area contributed by atoms with E-state index in [1.54, 1.807) is 18.2 Å². The number of methoxy groups -OCH3 is 2.